The summed E-state index contributed by atoms with van der Waals surface area (Å²) >= 11 is 0. The highest BCUT2D eigenvalue weighted by atomic mass is 19.1. The van der Waals surface area contributed by atoms with Crippen LogP contribution in [0.4, 0.5) is 10.1 Å². The lowest BCUT2D eigenvalue weighted by atomic mass is 10.0. The van der Waals surface area contributed by atoms with Crippen molar-refractivity contribution in [2.24, 2.45) is 0 Å². The molecule has 1 N–H and O–H groups in total. The van der Waals surface area contributed by atoms with Gasteiger partial charge in [0, 0.05) is 31.7 Å². The molecule has 0 bridgehead atoms. The van der Waals surface area contributed by atoms with Gasteiger partial charge in [-0.05, 0) is 30.2 Å². The highest BCUT2D eigenvalue weighted by Gasteiger charge is 2.28. The van der Waals surface area contributed by atoms with E-state index in [1.807, 2.05) is 6.92 Å². The van der Waals surface area contributed by atoms with E-state index in [0.29, 0.717) is 25.2 Å². The quantitative estimate of drug-likeness (QED) is 0.456. The van der Waals surface area contributed by atoms with E-state index in [1.54, 1.807) is 12.1 Å². The molecule has 2 aromatic rings. The number of nitro groups is 1. The first kappa shape index (κ1) is 20.4. The topological polar surface area (TPSA) is 105 Å². The SMILES string of the molecule is CCCCNC(=O)c1ccc2c(n1)CCN(C(=O)c1ccc(F)cc1[N+](=O)[O-])C2. The van der Waals surface area contributed by atoms with Gasteiger partial charge in [-0.25, -0.2) is 9.37 Å². The largest absolute Gasteiger partial charge is 0.351 e. The molecule has 2 amide bonds. The standard InChI is InChI=1S/C20H21FN4O4/c1-2-3-9-22-19(26)17-7-4-13-12-24(10-8-16(13)23-17)20(27)15-6-5-14(21)11-18(15)25(28)29/h4-7,11H,2-3,8-10,12H2,1H3,(H,22,26). The number of fused-ring (bicyclic) bond motifs is 1. The second-order valence-electron chi connectivity index (χ2n) is 6.81. The van der Waals surface area contributed by atoms with Gasteiger partial charge in [0.15, 0.2) is 0 Å². The summed E-state index contributed by atoms with van der Waals surface area (Å²) < 4.78 is 13.3. The third-order valence-electron chi connectivity index (χ3n) is 4.77. The third kappa shape index (κ3) is 4.56. The van der Waals surface area contributed by atoms with Crippen molar-refractivity contribution in [1.29, 1.82) is 0 Å². The fourth-order valence-electron chi connectivity index (χ4n) is 3.19. The molecule has 0 saturated heterocycles. The van der Waals surface area contributed by atoms with Crippen molar-refractivity contribution in [3.05, 3.63) is 68.8 Å². The number of hydrogen-bond acceptors (Lipinski definition) is 5. The number of pyridine rings is 1. The lowest BCUT2D eigenvalue weighted by molar-refractivity contribution is -0.385. The van der Waals surface area contributed by atoms with Crippen LogP contribution in [-0.4, -0.2) is 39.7 Å². The first-order valence-electron chi connectivity index (χ1n) is 9.41. The maximum atomic E-state index is 13.3. The summed E-state index contributed by atoms with van der Waals surface area (Å²) in [5, 5.41) is 14.0. The molecule has 1 aromatic heterocycles. The number of nitro benzene ring substituents is 1. The molecule has 152 valence electrons. The van der Waals surface area contributed by atoms with E-state index < -0.39 is 22.3 Å². The fourth-order valence-corrected chi connectivity index (χ4v) is 3.19. The Balaban J connectivity index is 1.76. The monoisotopic (exact) mass is 400 g/mol. The van der Waals surface area contributed by atoms with Crippen molar-refractivity contribution in [1.82, 2.24) is 15.2 Å². The van der Waals surface area contributed by atoms with Gasteiger partial charge in [0.25, 0.3) is 17.5 Å². The highest BCUT2D eigenvalue weighted by molar-refractivity contribution is 5.98. The number of rotatable bonds is 6. The predicted octanol–water partition coefficient (Wildman–Crippen LogP) is 2.86. The minimum atomic E-state index is -0.772. The second kappa shape index (κ2) is 8.76. The molecular formula is C20H21FN4O4. The van der Waals surface area contributed by atoms with Gasteiger partial charge in [0.05, 0.1) is 11.0 Å². The zero-order chi connectivity index (χ0) is 21.0. The number of aromatic nitrogens is 1. The van der Waals surface area contributed by atoms with Crippen LogP contribution in [0.1, 0.15) is 51.9 Å². The molecule has 0 saturated carbocycles. The van der Waals surface area contributed by atoms with Crippen molar-refractivity contribution in [3.63, 3.8) is 0 Å². The Kier molecular flexibility index (Phi) is 6.16. The molecule has 2 heterocycles. The zero-order valence-electron chi connectivity index (χ0n) is 16.0. The van der Waals surface area contributed by atoms with Crippen molar-refractivity contribution in [3.8, 4) is 0 Å². The van der Waals surface area contributed by atoms with E-state index in [0.717, 1.165) is 42.3 Å². The van der Waals surface area contributed by atoms with Gasteiger partial charge in [-0.3, -0.25) is 19.7 Å². The van der Waals surface area contributed by atoms with Gasteiger partial charge in [0.2, 0.25) is 0 Å². The number of carbonyl (C=O) groups excluding carboxylic acids is 2. The van der Waals surface area contributed by atoms with Crippen LogP contribution in [0.5, 0.6) is 0 Å². The van der Waals surface area contributed by atoms with Gasteiger partial charge < -0.3 is 10.2 Å². The van der Waals surface area contributed by atoms with Crippen molar-refractivity contribution in [2.75, 3.05) is 13.1 Å². The van der Waals surface area contributed by atoms with Crippen LogP contribution in [0.3, 0.4) is 0 Å². The summed E-state index contributed by atoms with van der Waals surface area (Å²) in [4.78, 5) is 41.2. The molecule has 9 heteroatoms. The molecule has 1 aliphatic heterocycles. The molecule has 0 fully saturated rings. The smallest absolute Gasteiger partial charge is 0.285 e. The van der Waals surface area contributed by atoms with Crippen LogP contribution in [-0.2, 0) is 13.0 Å². The maximum Gasteiger partial charge on any atom is 0.285 e. The van der Waals surface area contributed by atoms with E-state index >= 15 is 0 Å². The first-order valence-corrected chi connectivity index (χ1v) is 9.41. The summed E-state index contributed by atoms with van der Waals surface area (Å²) in [6.07, 6.45) is 2.30. The van der Waals surface area contributed by atoms with Gasteiger partial charge in [-0.15, -0.1) is 0 Å². The molecule has 0 unspecified atom stereocenters. The Morgan fingerprint density at radius 2 is 2.10 bits per heavy atom. The Hall–Kier alpha value is -3.36. The molecule has 1 aromatic carbocycles. The van der Waals surface area contributed by atoms with Gasteiger partial charge in [0.1, 0.15) is 17.1 Å². The molecular weight excluding hydrogens is 379 g/mol. The van der Waals surface area contributed by atoms with Crippen LogP contribution in [0.15, 0.2) is 30.3 Å². The maximum absolute atomic E-state index is 13.3. The number of benzene rings is 1. The van der Waals surface area contributed by atoms with Crippen LogP contribution in [0.25, 0.3) is 0 Å². The summed E-state index contributed by atoms with van der Waals surface area (Å²) in [6.45, 7) is 3.14. The van der Waals surface area contributed by atoms with Crippen molar-refractivity contribution in [2.45, 2.75) is 32.7 Å². The number of amides is 2. The van der Waals surface area contributed by atoms with E-state index in [4.69, 9.17) is 0 Å². The Morgan fingerprint density at radius 1 is 1.31 bits per heavy atom. The summed E-state index contributed by atoms with van der Waals surface area (Å²) in [5.74, 6) is -1.54. The number of nitrogens with zero attached hydrogens (tertiary/aromatic N) is 3. The molecule has 29 heavy (non-hydrogen) atoms. The Morgan fingerprint density at radius 3 is 2.83 bits per heavy atom. The van der Waals surface area contributed by atoms with Crippen molar-refractivity contribution < 1.29 is 18.9 Å². The number of nitrogens with one attached hydrogen (secondary N) is 1. The normalized spacial score (nSPS) is 13.0. The number of unbranched alkanes of at least 4 members (excludes halogenated alkanes) is 1. The predicted molar refractivity (Wildman–Crippen MR) is 103 cm³/mol. The molecule has 3 rings (SSSR count). The van der Waals surface area contributed by atoms with E-state index in [9.17, 15) is 24.1 Å². The Bertz CT molecular complexity index is 963. The van der Waals surface area contributed by atoms with Crippen LogP contribution < -0.4 is 5.32 Å². The number of carbonyl (C=O) groups is 2. The highest BCUT2D eigenvalue weighted by Crippen LogP contribution is 2.25. The summed E-state index contributed by atoms with van der Waals surface area (Å²) in [7, 11) is 0. The fraction of sp³-hybridized carbons (Fsp3) is 0.350. The average molecular weight is 400 g/mol. The molecule has 8 nitrogen and oxygen atoms in total. The lowest BCUT2D eigenvalue weighted by Crippen LogP contribution is -2.37. The van der Waals surface area contributed by atoms with Gasteiger partial charge >= 0.3 is 0 Å². The minimum absolute atomic E-state index is 0.153. The number of halogens is 1. The van der Waals surface area contributed by atoms with E-state index in [1.165, 1.54) is 4.90 Å². The molecule has 0 aliphatic carbocycles. The van der Waals surface area contributed by atoms with Gasteiger partial charge in [-0.2, -0.15) is 0 Å². The van der Waals surface area contributed by atoms with E-state index in [-0.39, 0.29) is 18.0 Å². The lowest BCUT2D eigenvalue weighted by Gasteiger charge is -2.28. The average Bonchev–Trinajstić information content (AvgIpc) is 2.72. The second-order valence-corrected chi connectivity index (χ2v) is 6.81. The molecule has 1 aliphatic rings. The minimum Gasteiger partial charge on any atom is -0.351 e. The molecule has 0 spiro atoms. The zero-order valence-corrected chi connectivity index (χ0v) is 16.0. The van der Waals surface area contributed by atoms with E-state index in [2.05, 4.69) is 10.3 Å². The van der Waals surface area contributed by atoms with Crippen LogP contribution >= 0.6 is 0 Å². The molecule has 0 atom stereocenters. The first-order chi connectivity index (χ1) is 13.9. The number of hydrogen-bond donors (Lipinski definition) is 1. The van der Waals surface area contributed by atoms with Crippen molar-refractivity contribution >= 4 is 17.5 Å². The molecule has 0 radical (unpaired) electrons. The van der Waals surface area contributed by atoms with Crippen LogP contribution in [0.2, 0.25) is 0 Å². The Labute approximate surface area is 166 Å². The summed E-state index contributed by atoms with van der Waals surface area (Å²) in [5.41, 5.74) is 1.12. The van der Waals surface area contributed by atoms with Crippen LogP contribution in [0, 0.1) is 15.9 Å². The van der Waals surface area contributed by atoms with Gasteiger partial charge in [-0.1, -0.05) is 19.4 Å². The third-order valence-corrected chi connectivity index (χ3v) is 4.77. The summed E-state index contributed by atoms with van der Waals surface area (Å²) in [6, 6.07) is 6.26.